The van der Waals surface area contributed by atoms with E-state index in [4.69, 9.17) is 0 Å². The second-order valence-corrected chi connectivity index (χ2v) is 4.92. The summed E-state index contributed by atoms with van der Waals surface area (Å²) in [7, 11) is 0. The lowest BCUT2D eigenvalue weighted by atomic mass is 10.4. The van der Waals surface area contributed by atoms with Crippen LogP contribution in [-0.4, -0.2) is 9.97 Å². The van der Waals surface area contributed by atoms with Gasteiger partial charge in [-0.3, -0.25) is 4.98 Å². The molecule has 0 radical (unpaired) electrons. The number of thiazole rings is 1. The lowest BCUT2D eigenvalue weighted by Gasteiger charge is -1.93. The van der Waals surface area contributed by atoms with E-state index in [9.17, 15) is 0 Å². The fraction of sp³-hybridized carbons (Fsp3) is 0. The molecule has 13 heavy (non-hydrogen) atoms. The molecule has 0 amide bonds. The van der Waals surface area contributed by atoms with E-state index in [-0.39, 0.29) is 0 Å². The van der Waals surface area contributed by atoms with Crippen LogP contribution in [0.3, 0.4) is 0 Å². The van der Waals surface area contributed by atoms with Crippen molar-refractivity contribution in [3.63, 3.8) is 0 Å². The Kier molecular flexibility index (Phi) is 2.76. The van der Waals surface area contributed by atoms with Crippen LogP contribution in [0.25, 0.3) is 10.7 Å². The molecule has 0 aromatic carbocycles. The molecular formula is C8H4Br2N2S. The molecule has 0 atom stereocenters. The van der Waals surface area contributed by atoms with Crippen LogP contribution in [0.2, 0.25) is 0 Å². The van der Waals surface area contributed by atoms with Crippen molar-refractivity contribution in [1.29, 1.82) is 0 Å². The fourth-order valence-electron chi connectivity index (χ4n) is 0.874. The number of rotatable bonds is 1. The zero-order valence-corrected chi connectivity index (χ0v) is 10.4. The van der Waals surface area contributed by atoms with E-state index in [0.717, 1.165) is 19.8 Å². The average Bonchev–Trinajstić information content (AvgIpc) is 2.53. The van der Waals surface area contributed by atoms with Crippen molar-refractivity contribution in [2.45, 2.75) is 0 Å². The van der Waals surface area contributed by atoms with Crippen LogP contribution in [0.1, 0.15) is 0 Å². The minimum absolute atomic E-state index is 0.859. The molecule has 2 aromatic heterocycles. The van der Waals surface area contributed by atoms with Crippen LogP contribution < -0.4 is 0 Å². The molecule has 2 rings (SSSR count). The van der Waals surface area contributed by atoms with E-state index in [0.29, 0.717) is 0 Å². The maximum atomic E-state index is 4.27. The topological polar surface area (TPSA) is 25.8 Å². The summed E-state index contributed by atoms with van der Waals surface area (Å²) in [6.07, 6.45) is 1.77. The first kappa shape index (κ1) is 9.30. The van der Waals surface area contributed by atoms with Crippen molar-refractivity contribution < 1.29 is 0 Å². The van der Waals surface area contributed by atoms with Gasteiger partial charge in [-0.25, -0.2) is 4.98 Å². The molecule has 2 nitrogen and oxygen atoms in total. The highest BCUT2D eigenvalue weighted by molar-refractivity contribution is 9.10. The third-order valence-corrected chi connectivity index (χ3v) is 3.47. The Hall–Kier alpha value is -0.260. The summed E-state index contributed by atoms with van der Waals surface area (Å²) in [4.78, 5) is 8.51. The van der Waals surface area contributed by atoms with Crippen molar-refractivity contribution in [2.75, 3.05) is 0 Å². The van der Waals surface area contributed by atoms with Gasteiger partial charge in [0.1, 0.15) is 9.61 Å². The van der Waals surface area contributed by atoms with E-state index in [1.165, 1.54) is 0 Å². The van der Waals surface area contributed by atoms with E-state index in [1.807, 2.05) is 17.5 Å². The molecular weight excluding hydrogens is 316 g/mol. The molecule has 0 fully saturated rings. The Labute approximate surface area is 96.3 Å². The Balaban J connectivity index is 2.41. The number of pyridine rings is 1. The maximum Gasteiger partial charge on any atom is 0.143 e. The first-order chi connectivity index (χ1) is 6.25. The van der Waals surface area contributed by atoms with Crippen molar-refractivity contribution >= 4 is 43.2 Å². The Morgan fingerprint density at radius 3 is 2.62 bits per heavy atom. The van der Waals surface area contributed by atoms with Gasteiger partial charge in [0.2, 0.25) is 0 Å². The summed E-state index contributed by atoms with van der Waals surface area (Å²) in [5, 5.41) is 2.87. The molecule has 0 aliphatic rings. The highest BCUT2D eigenvalue weighted by Gasteiger charge is 2.03. The number of nitrogens with zero attached hydrogens (tertiary/aromatic N) is 2. The summed E-state index contributed by atoms with van der Waals surface area (Å²) >= 11 is 8.21. The monoisotopic (exact) mass is 318 g/mol. The van der Waals surface area contributed by atoms with E-state index in [2.05, 4.69) is 41.8 Å². The second-order valence-electron chi connectivity index (χ2n) is 2.34. The van der Waals surface area contributed by atoms with Gasteiger partial charge in [-0.1, -0.05) is 0 Å². The molecule has 0 bridgehead atoms. The minimum Gasteiger partial charge on any atom is -0.253 e. The molecule has 2 aromatic rings. The van der Waals surface area contributed by atoms with Crippen LogP contribution in [0, 0.1) is 0 Å². The standard InChI is InChI=1S/C8H4Br2N2S/c9-5-1-2-6(11-3-5)8-12-7(10)4-13-8/h1-4H. The summed E-state index contributed by atoms with van der Waals surface area (Å²) in [6, 6.07) is 3.90. The quantitative estimate of drug-likeness (QED) is 0.800. The molecule has 0 aliphatic carbocycles. The number of hydrogen-bond acceptors (Lipinski definition) is 3. The van der Waals surface area contributed by atoms with Gasteiger partial charge in [-0.2, -0.15) is 0 Å². The van der Waals surface area contributed by atoms with Gasteiger partial charge in [0.15, 0.2) is 0 Å². The van der Waals surface area contributed by atoms with Gasteiger partial charge in [0.05, 0.1) is 5.69 Å². The number of halogens is 2. The Bertz CT molecular complexity index is 410. The normalized spacial score (nSPS) is 10.3. The van der Waals surface area contributed by atoms with Crippen molar-refractivity contribution in [1.82, 2.24) is 9.97 Å². The molecule has 0 saturated heterocycles. The van der Waals surface area contributed by atoms with Crippen LogP contribution in [0.15, 0.2) is 32.8 Å². The van der Waals surface area contributed by atoms with Gasteiger partial charge in [0, 0.05) is 16.0 Å². The second kappa shape index (κ2) is 3.86. The predicted octanol–water partition coefficient (Wildman–Crippen LogP) is 3.73. The largest absolute Gasteiger partial charge is 0.253 e. The number of hydrogen-bond donors (Lipinski definition) is 0. The molecule has 0 unspecified atom stereocenters. The lowest BCUT2D eigenvalue weighted by Crippen LogP contribution is -1.80. The summed E-state index contributed by atoms with van der Waals surface area (Å²) in [6.45, 7) is 0. The molecule has 0 aliphatic heterocycles. The highest BCUT2D eigenvalue weighted by atomic mass is 79.9. The minimum atomic E-state index is 0.859. The molecule has 0 saturated carbocycles. The maximum absolute atomic E-state index is 4.27. The molecule has 5 heteroatoms. The predicted molar refractivity (Wildman–Crippen MR) is 60.7 cm³/mol. The van der Waals surface area contributed by atoms with E-state index < -0.39 is 0 Å². The summed E-state index contributed by atoms with van der Waals surface area (Å²) in [5.41, 5.74) is 0.902. The Morgan fingerprint density at radius 2 is 2.08 bits per heavy atom. The molecule has 66 valence electrons. The fourth-order valence-corrected chi connectivity index (χ4v) is 2.34. The van der Waals surface area contributed by atoms with Crippen molar-refractivity contribution in [3.05, 3.63) is 32.8 Å². The van der Waals surface area contributed by atoms with Gasteiger partial charge < -0.3 is 0 Å². The molecule has 0 N–H and O–H groups in total. The third-order valence-electron chi connectivity index (χ3n) is 1.42. The zero-order chi connectivity index (χ0) is 9.26. The van der Waals surface area contributed by atoms with E-state index in [1.54, 1.807) is 17.5 Å². The first-order valence-corrected chi connectivity index (χ1v) is 5.95. The third kappa shape index (κ3) is 2.15. The average molecular weight is 320 g/mol. The number of aromatic nitrogens is 2. The van der Waals surface area contributed by atoms with Crippen molar-refractivity contribution in [3.8, 4) is 10.7 Å². The van der Waals surface area contributed by atoms with Crippen LogP contribution in [0.4, 0.5) is 0 Å². The van der Waals surface area contributed by atoms with Gasteiger partial charge in [-0.15, -0.1) is 11.3 Å². The molecule has 2 heterocycles. The Morgan fingerprint density at radius 1 is 1.23 bits per heavy atom. The van der Waals surface area contributed by atoms with Gasteiger partial charge in [-0.05, 0) is 44.0 Å². The SMILES string of the molecule is Brc1ccc(-c2nc(Br)cs2)nc1. The van der Waals surface area contributed by atoms with Crippen LogP contribution in [0.5, 0.6) is 0 Å². The summed E-state index contributed by atoms with van der Waals surface area (Å²) in [5.74, 6) is 0. The first-order valence-electron chi connectivity index (χ1n) is 3.48. The zero-order valence-electron chi connectivity index (χ0n) is 6.37. The van der Waals surface area contributed by atoms with Crippen LogP contribution >= 0.6 is 43.2 Å². The smallest absolute Gasteiger partial charge is 0.143 e. The molecule has 0 spiro atoms. The van der Waals surface area contributed by atoms with Crippen LogP contribution in [-0.2, 0) is 0 Å². The lowest BCUT2D eigenvalue weighted by molar-refractivity contribution is 1.27. The van der Waals surface area contributed by atoms with E-state index >= 15 is 0 Å². The summed E-state index contributed by atoms with van der Waals surface area (Å²) < 4.78 is 1.84. The van der Waals surface area contributed by atoms with Gasteiger partial charge in [0.25, 0.3) is 0 Å². The van der Waals surface area contributed by atoms with Crippen molar-refractivity contribution in [2.24, 2.45) is 0 Å². The van der Waals surface area contributed by atoms with Gasteiger partial charge >= 0.3 is 0 Å². The highest BCUT2D eigenvalue weighted by Crippen LogP contribution is 2.24.